The van der Waals surface area contributed by atoms with Crippen LogP contribution in [0.4, 0.5) is 0 Å². The molecule has 11 heavy (non-hydrogen) atoms. The fraction of sp³-hybridized carbons (Fsp3) is 0.400. The maximum absolute atomic E-state index is 5.46. The van der Waals surface area contributed by atoms with E-state index in [0.717, 1.165) is 12.2 Å². The summed E-state index contributed by atoms with van der Waals surface area (Å²) in [6.07, 6.45) is 6.44. The summed E-state index contributed by atoms with van der Waals surface area (Å²) >= 11 is 0. The molecule has 0 saturated carbocycles. The molecule has 0 heterocycles. The quantitative estimate of drug-likeness (QED) is 0.434. The van der Waals surface area contributed by atoms with Crippen molar-refractivity contribution in [3.8, 4) is 0 Å². The molecule has 0 aromatic heterocycles. The van der Waals surface area contributed by atoms with Gasteiger partial charge < -0.3 is 4.74 Å². The predicted molar refractivity (Wildman–Crippen MR) is 49.3 cm³/mol. The topological polar surface area (TPSA) is 9.23 Å². The predicted octanol–water partition coefficient (Wildman–Crippen LogP) is 3.06. The van der Waals surface area contributed by atoms with Crippen molar-refractivity contribution in [1.82, 2.24) is 0 Å². The Morgan fingerprint density at radius 3 is 2.55 bits per heavy atom. The van der Waals surface area contributed by atoms with Gasteiger partial charge in [0.05, 0.1) is 6.10 Å². The van der Waals surface area contributed by atoms with E-state index in [1.165, 1.54) is 0 Å². The second kappa shape index (κ2) is 5.78. The SMILES string of the molecule is C=CC=C(C=C)OC(C)CC. The molecule has 1 atom stereocenters. The summed E-state index contributed by atoms with van der Waals surface area (Å²) in [5, 5.41) is 0. The molecule has 0 aromatic rings. The van der Waals surface area contributed by atoms with Crippen molar-refractivity contribution < 1.29 is 4.74 Å². The van der Waals surface area contributed by atoms with Crippen molar-refractivity contribution in [1.29, 1.82) is 0 Å². The Kier molecular flexibility index (Phi) is 5.26. The molecule has 0 radical (unpaired) electrons. The van der Waals surface area contributed by atoms with Crippen LogP contribution in [0.1, 0.15) is 20.3 Å². The van der Waals surface area contributed by atoms with Crippen LogP contribution < -0.4 is 0 Å². The molecule has 0 fully saturated rings. The molecule has 0 bridgehead atoms. The van der Waals surface area contributed by atoms with Crippen LogP contribution in [0.5, 0.6) is 0 Å². The van der Waals surface area contributed by atoms with E-state index in [2.05, 4.69) is 20.1 Å². The van der Waals surface area contributed by atoms with Gasteiger partial charge in [-0.15, -0.1) is 0 Å². The van der Waals surface area contributed by atoms with E-state index < -0.39 is 0 Å². The minimum absolute atomic E-state index is 0.249. The van der Waals surface area contributed by atoms with Gasteiger partial charge in [0.2, 0.25) is 0 Å². The molecule has 0 aliphatic carbocycles. The highest BCUT2D eigenvalue weighted by atomic mass is 16.5. The highest BCUT2D eigenvalue weighted by Crippen LogP contribution is 2.06. The minimum Gasteiger partial charge on any atom is -0.491 e. The lowest BCUT2D eigenvalue weighted by molar-refractivity contribution is 0.138. The summed E-state index contributed by atoms with van der Waals surface area (Å²) in [6, 6.07) is 0. The number of allylic oxidation sites excluding steroid dienone is 3. The molecule has 0 aromatic carbocycles. The molecule has 1 unspecified atom stereocenters. The first-order valence-corrected chi connectivity index (χ1v) is 3.86. The summed E-state index contributed by atoms with van der Waals surface area (Å²) in [6.45, 7) is 11.3. The Labute approximate surface area is 69.1 Å². The summed E-state index contributed by atoms with van der Waals surface area (Å²) in [7, 11) is 0. The van der Waals surface area contributed by atoms with E-state index in [4.69, 9.17) is 4.74 Å². The Bertz CT molecular complexity index is 156. The van der Waals surface area contributed by atoms with E-state index in [1.54, 1.807) is 18.2 Å². The van der Waals surface area contributed by atoms with E-state index >= 15 is 0 Å². The third-order valence-electron chi connectivity index (χ3n) is 1.40. The van der Waals surface area contributed by atoms with E-state index in [9.17, 15) is 0 Å². The molecule has 0 aliphatic rings. The molecule has 1 nitrogen and oxygen atoms in total. The normalized spacial score (nSPS) is 13.8. The first-order valence-electron chi connectivity index (χ1n) is 3.86. The lowest BCUT2D eigenvalue weighted by atomic mass is 10.3. The number of hydrogen-bond donors (Lipinski definition) is 0. The third-order valence-corrected chi connectivity index (χ3v) is 1.40. The first kappa shape index (κ1) is 10.0. The van der Waals surface area contributed by atoms with Crippen molar-refractivity contribution in [2.75, 3.05) is 0 Å². The molecular weight excluding hydrogens is 136 g/mol. The Morgan fingerprint density at radius 1 is 1.55 bits per heavy atom. The molecule has 0 rings (SSSR count). The molecular formula is C10H16O. The fourth-order valence-corrected chi connectivity index (χ4v) is 0.587. The van der Waals surface area contributed by atoms with Gasteiger partial charge in [-0.1, -0.05) is 26.2 Å². The zero-order valence-electron chi connectivity index (χ0n) is 7.34. The summed E-state index contributed by atoms with van der Waals surface area (Å²) in [4.78, 5) is 0. The molecule has 0 N–H and O–H groups in total. The Balaban J connectivity index is 3.97. The molecule has 0 spiro atoms. The number of ether oxygens (including phenoxy) is 1. The van der Waals surface area contributed by atoms with Crippen molar-refractivity contribution in [3.63, 3.8) is 0 Å². The Morgan fingerprint density at radius 2 is 2.18 bits per heavy atom. The second-order valence-corrected chi connectivity index (χ2v) is 2.35. The van der Waals surface area contributed by atoms with Gasteiger partial charge in [-0.3, -0.25) is 0 Å². The van der Waals surface area contributed by atoms with Crippen LogP contribution in [0, 0.1) is 0 Å². The lowest BCUT2D eigenvalue weighted by Gasteiger charge is -2.12. The van der Waals surface area contributed by atoms with Crippen LogP contribution in [0.25, 0.3) is 0 Å². The monoisotopic (exact) mass is 152 g/mol. The van der Waals surface area contributed by atoms with Crippen molar-refractivity contribution in [3.05, 3.63) is 37.1 Å². The molecule has 0 saturated heterocycles. The summed E-state index contributed by atoms with van der Waals surface area (Å²) < 4.78 is 5.46. The van der Waals surface area contributed by atoms with Gasteiger partial charge in [0.1, 0.15) is 5.76 Å². The summed E-state index contributed by atoms with van der Waals surface area (Å²) in [5.41, 5.74) is 0. The molecule has 0 amide bonds. The summed E-state index contributed by atoms with van der Waals surface area (Å²) in [5.74, 6) is 0.786. The van der Waals surface area contributed by atoms with E-state index in [-0.39, 0.29) is 6.10 Å². The van der Waals surface area contributed by atoms with Gasteiger partial charge in [-0.05, 0) is 25.5 Å². The molecule has 1 heteroatoms. The van der Waals surface area contributed by atoms with Gasteiger partial charge >= 0.3 is 0 Å². The maximum Gasteiger partial charge on any atom is 0.119 e. The van der Waals surface area contributed by atoms with Crippen LogP contribution in [-0.2, 0) is 4.74 Å². The smallest absolute Gasteiger partial charge is 0.119 e. The van der Waals surface area contributed by atoms with Crippen LogP contribution in [0.2, 0.25) is 0 Å². The average Bonchev–Trinajstić information content (AvgIpc) is 2.03. The van der Waals surface area contributed by atoms with E-state index in [0.29, 0.717) is 0 Å². The van der Waals surface area contributed by atoms with Crippen molar-refractivity contribution in [2.45, 2.75) is 26.4 Å². The second-order valence-electron chi connectivity index (χ2n) is 2.35. The highest BCUT2D eigenvalue weighted by molar-refractivity contribution is 5.14. The minimum atomic E-state index is 0.249. The van der Waals surface area contributed by atoms with Gasteiger partial charge in [-0.25, -0.2) is 0 Å². The zero-order valence-corrected chi connectivity index (χ0v) is 7.34. The van der Waals surface area contributed by atoms with Crippen LogP contribution >= 0.6 is 0 Å². The van der Waals surface area contributed by atoms with Gasteiger partial charge in [-0.2, -0.15) is 0 Å². The van der Waals surface area contributed by atoms with Crippen molar-refractivity contribution >= 4 is 0 Å². The fourth-order valence-electron chi connectivity index (χ4n) is 0.587. The zero-order chi connectivity index (χ0) is 8.69. The molecule has 0 aliphatic heterocycles. The van der Waals surface area contributed by atoms with Crippen molar-refractivity contribution in [2.24, 2.45) is 0 Å². The number of hydrogen-bond acceptors (Lipinski definition) is 1. The van der Waals surface area contributed by atoms with Crippen LogP contribution in [0.15, 0.2) is 37.1 Å². The van der Waals surface area contributed by atoms with Gasteiger partial charge in [0, 0.05) is 0 Å². The standard InChI is InChI=1S/C10H16O/c1-5-8-10(7-3)11-9(4)6-2/h5,7-9H,1,3,6H2,2,4H3. The maximum atomic E-state index is 5.46. The van der Waals surface area contributed by atoms with Gasteiger partial charge in [0.15, 0.2) is 0 Å². The Hall–Kier alpha value is -0.980. The van der Waals surface area contributed by atoms with Gasteiger partial charge in [0.25, 0.3) is 0 Å². The average molecular weight is 152 g/mol. The first-order chi connectivity index (χ1) is 5.24. The van der Waals surface area contributed by atoms with Crippen LogP contribution in [0.3, 0.4) is 0 Å². The molecule has 62 valence electrons. The largest absolute Gasteiger partial charge is 0.491 e. The van der Waals surface area contributed by atoms with Crippen LogP contribution in [-0.4, -0.2) is 6.10 Å². The highest BCUT2D eigenvalue weighted by Gasteiger charge is 1.98. The lowest BCUT2D eigenvalue weighted by Crippen LogP contribution is -2.04. The number of rotatable bonds is 5. The third kappa shape index (κ3) is 4.43. The van der Waals surface area contributed by atoms with E-state index in [1.807, 2.05) is 6.92 Å².